The molecule has 1 aromatic carbocycles. The number of alkyl halides is 2. The highest BCUT2D eigenvalue weighted by molar-refractivity contribution is 5.82. The Kier molecular flexibility index (Phi) is 3.76. The van der Waals surface area contributed by atoms with Gasteiger partial charge in [0, 0.05) is 6.07 Å². The van der Waals surface area contributed by atoms with Crippen molar-refractivity contribution in [3.05, 3.63) is 52.4 Å². The molecule has 0 spiro atoms. The second-order valence-electron chi connectivity index (χ2n) is 4.22. The summed E-state index contributed by atoms with van der Waals surface area (Å²) in [4.78, 5) is 0. The first kappa shape index (κ1) is 16.4. The number of hydrogen-bond donors (Lipinski definition) is 1. The highest BCUT2D eigenvalue weighted by atomic mass is 19.3. The third-order valence-corrected chi connectivity index (χ3v) is 2.89. The predicted octanol–water partition coefficient (Wildman–Crippen LogP) is 4.08. The van der Waals surface area contributed by atoms with Crippen LogP contribution in [0.4, 0.5) is 39.5 Å². The summed E-state index contributed by atoms with van der Waals surface area (Å²) in [6, 6.07) is -0.359. The molecular weight excluding hydrogens is 331 g/mol. The number of aliphatic hydroxyl groups excluding tert-OH is 1. The smallest absolute Gasteiger partial charge is 0.331 e. The van der Waals surface area contributed by atoms with Crippen LogP contribution in [-0.4, -0.2) is 17.1 Å². The lowest BCUT2D eigenvalue weighted by molar-refractivity contribution is -0.0858. The van der Waals surface area contributed by atoms with E-state index in [0.717, 1.165) is 0 Å². The summed E-state index contributed by atoms with van der Waals surface area (Å²) in [5, 5.41) is 8.73. The van der Waals surface area contributed by atoms with Gasteiger partial charge < -0.3 is 5.11 Å². The Balaban J connectivity index is 2.88. The molecule has 0 aromatic heterocycles. The lowest BCUT2D eigenvalue weighted by Crippen LogP contribution is -2.38. The number of halogens is 9. The van der Waals surface area contributed by atoms with Crippen molar-refractivity contribution in [2.75, 3.05) is 0 Å². The molecule has 1 atom stereocenters. The fourth-order valence-corrected chi connectivity index (χ4v) is 1.80. The third-order valence-electron chi connectivity index (χ3n) is 2.89. The van der Waals surface area contributed by atoms with E-state index in [1.165, 1.54) is 0 Å². The van der Waals surface area contributed by atoms with Crippen molar-refractivity contribution < 1.29 is 44.6 Å². The molecule has 0 radical (unpaired) electrons. The van der Waals surface area contributed by atoms with Crippen LogP contribution in [0.5, 0.6) is 0 Å². The van der Waals surface area contributed by atoms with Crippen LogP contribution in [0.3, 0.4) is 0 Å². The SMILES string of the molecule is OC1C(F)=C(F)C(c2c(F)cc(F)c(F)c2F)=C(F)C1(F)F. The monoisotopic (exact) mass is 334 g/mol. The Morgan fingerprint density at radius 2 is 1.41 bits per heavy atom. The lowest BCUT2D eigenvalue weighted by Gasteiger charge is -2.26. The van der Waals surface area contributed by atoms with E-state index in [1.807, 2.05) is 0 Å². The van der Waals surface area contributed by atoms with Crippen molar-refractivity contribution >= 4 is 5.57 Å². The molecule has 1 N–H and O–H groups in total. The lowest BCUT2D eigenvalue weighted by atomic mass is 9.92. The van der Waals surface area contributed by atoms with Gasteiger partial charge in [0.1, 0.15) is 5.82 Å². The van der Waals surface area contributed by atoms with Gasteiger partial charge in [-0.15, -0.1) is 0 Å². The van der Waals surface area contributed by atoms with Gasteiger partial charge >= 0.3 is 5.92 Å². The van der Waals surface area contributed by atoms with Crippen molar-refractivity contribution in [2.24, 2.45) is 0 Å². The molecule has 1 aliphatic carbocycles. The minimum Gasteiger partial charge on any atom is -0.379 e. The Labute approximate surface area is 116 Å². The Hall–Kier alpha value is -1.97. The standard InChI is InChI=1S/C12H3F9O/c13-2-1-3(14)6(15)7(16)4(2)5-8(17)9(18)11(22)12(20,21)10(5)19/h1,11,22H. The molecule has 1 nitrogen and oxygen atoms in total. The molecule has 1 aliphatic rings. The minimum atomic E-state index is -5.06. The van der Waals surface area contributed by atoms with Gasteiger partial charge in [0.25, 0.3) is 0 Å². The van der Waals surface area contributed by atoms with Crippen LogP contribution in [0.1, 0.15) is 5.56 Å². The molecule has 1 aromatic rings. The Morgan fingerprint density at radius 1 is 0.864 bits per heavy atom. The number of rotatable bonds is 1. The van der Waals surface area contributed by atoms with Crippen LogP contribution in [0, 0.1) is 23.3 Å². The van der Waals surface area contributed by atoms with E-state index in [2.05, 4.69) is 0 Å². The zero-order valence-electron chi connectivity index (χ0n) is 10.0. The van der Waals surface area contributed by atoms with Gasteiger partial charge in [-0.2, -0.15) is 8.78 Å². The summed E-state index contributed by atoms with van der Waals surface area (Å²) in [6.45, 7) is 0. The molecular formula is C12H3F9O. The van der Waals surface area contributed by atoms with Crippen molar-refractivity contribution in [3.63, 3.8) is 0 Å². The third kappa shape index (κ3) is 2.09. The van der Waals surface area contributed by atoms with Crippen LogP contribution >= 0.6 is 0 Å². The minimum absolute atomic E-state index is 0.359. The summed E-state index contributed by atoms with van der Waals surface area (Å²) < 4.78 is 119. The number of hydrogen-bond acceptors (Lipinski definition) is 1. The molecule has 0 bridgehead atoms. The maximum Gasteiger partial charge on any atom is 0.331 e. The fourth-order valence-electron chi connectivity index (χ4n) is 1.80. The molecule has 10 heteroatoms. The second kappa shape index (κ2) is 5.04. The van der Waals surface area contributed by atoms with E-state index >= 15 is 0 Å². The average Bonchev–Trinajstić information content (AvgIpc) is 2.45. The summed E-state index contributed by atoms with van der Waals surface area (Å²) in [5.74, 6) is -22.3. The number of benzene rings is 1. The zero-order chi connectivity index (χ0) is 17.0. The average molecular weight is 334 g/mol. The van der Waals surface area contributed by atoms with Crippen molar-refractivity contribution in [1.29, 1.82) is 0 Å². The molecule has 2 rings (SSSR count). The molecule has 22 heavy (non-hydrogen) atoms. The van der Waals surface area contributed by atoms with Gasteiger partial charge in [-0.3, -0.25) is 0 Å². The van der Waals surface area contributed by atoms with Crippen molar-refractivity contribution in [3.8, 4) is 0 Å². The predicted molar refractivity (Wildman–Crippen MR) is 54.5 cm³/mol. The highest BCUT2D eigenvalue weighted by Crippen LogP contribution is 2.48. The van der Waals surface area contributed by atoms with E-state index in [1.54, 1.807) is 0 Å². The molecule has 0 saturated heterocycles. The molecule has 1 unspecified atom stereocenters. The van der Waals surface area contributed by atoms with Crippen LogP contribution in [-0.2, 0) is 0 Å². The quantitative estimate of drug-likeness (QED) is 0.466. The molecule has 0 fully saturated rings. The van der Waals surface area contributed by atoms with Crippen molar-refractivity contribution in [2.45, 2.75) is 12.0 Å². The van der Waals surface area contributed by atoms with Crippen LogP contribution in [0.2, 0.25) is 0 Å². The van der Waals surface area contributed by atoms with Gasteiger partial charge in [0.15, 0.2) is 41.0 Å². The Bertz CT molecular complexity index is 720. The summed E-state index contributed by atoms with van der Waals surface area (Å²) >= 11 is 0. The van der Waals surface area contributed by atoms with E-state index in [-0.39, 0.29) is 6.07 Å². The maximum absolute atomic E-state index is 13.6. The molecule has 0 heterocycles. The topological polar surface area (TPSA) is 20.2 Å². The van der Waals surface area contributed by atoms with Gasteiger partial charge in [-0.1, -0.05) is 0 Å². The fraction of sp³-hybridized carbons (Fsp3) is 0.167. The van der Waals surface area contributed by atoms with E-state index in [9.17, 15) is 39.5 Å². The molecule has 0 amide bonds. The maximum atomic E-state index is 13.6. The number of allylic oxidation sites excluding steroid dienone is 2. The van der Waals surface area contributed by atoms with Crippen molar-refractivity contribution in [1.82, 2.24) is 0 Å². The summed E-state index contributed by atoms with van der Waals surface area (Å²) in [5.41, 5.74) is -4.34. The summed E-state index contributed by atoms with van der Waals surface area (Å²) in [6.07, 6.45) is -3.56. The first-order valence-corrected chi connectivity index (χ1v) is 5.36. The summed E-state index contributed by atoms with van der Waals surface area (Å²) in [7, 11) is 0. The van der Waals surface area contributed by atoms with Gasteiger partial charge in [0.2, 0.25) is 0 Å². The first-order valence-electron chi connectivity index (χ1n) is 5.36. The van der Waals surface area contributed by atoms with Gasteiger partial charge in [-0.05, 0) is 0 Å². The van der Waals surface area contributed by atoms with Gasteiger partial charge in [-0.25, -0.2) is 30.7 Å². The van der Waals surface area contributed by atoms with E-state index in [4.69, 9.17) is 5.11 Å². The molecule has 0 saturated carbocycles. The molecule has 120 valence electrons. The zero-order valence-corrected chi connectivity index (χ0v) is 10.0. The normalized spacial score (nSPS) is 21.6. The molecule has 0 aliphatic heterocycles. The number of aliphatic hydroxyl groups is 1. The van der Waals surface area contributed by atoms with Crippen LogP contribution in [0.15, 0.2) is 23.5 Å². The second-order valence-corrected chi connectivity index (χ2v) is 4.22. The Morgan fingerprint density at radius 3 is 1.95 bits per heavy atom. The van der Waals surface area contributed by atoms with E-state index in [0.29, 0.717) is 0 Å². The highest BCUT2D eigenvalue weighted by Gasteiger charge is 2.54. The first-order chi connectivity index (χ1) is 10.0. The van der Waals surface area contributed by atoms with Gasteiger partial charge in [0.05, 0.1) is 11.1 Å². The van der Waals surface area contributed by atoms with Crippen LogP contribution < -0.4 is 0 Å². The van der Waals surface area contributed by atoms with E-state index < -0.39 is 63.9 Å². The largest absolute Gasteiger partial charge is 0.379 e. The van der Waals surface area contributed by atoms with Crippen LogP contribution in [0.25, 0.3) is 5.57 Å².